The zero-order chi connectivity index (χ0) is 27.2. The average Bonchev–Trinajstić information content (AvgIpc) is 2.91. The molecule has 0 saturated carbocycles. The van der Waals surface area contributed by atoms with Crippen molar-refractivity contribution in [3.8, 4) is 5.75 Å². The van der Waals surface area contributed by atoms with E-state index >= 15 is 0 Å². The van der Waals surface area contributed by atoms with Crippen molar-refractivity contribution >= 4 is 44.7 Å². The van der Waals surface area contributed by atoms with Gasteiger partial charge in [-0.3, -0.25) is 14.9 Å². The fourth-order valence-corrected chi connectivity index (χ4v) is 4.08. The highest BCUT2D eigenvalue weighted by molar-refractivity contribution is 9.10. The number of carboxylic acids is 1. The molecule has 10 nitrogen and oxygen atoms in total. The number of nitro benzene ring substituents is 1. The molecule has 38 heavy (non-hydrogen) atoms. The molecule has 0 atom stereocenters. The van der Waals surface area contributed by atoms with Gasteiger partial charge in [-0.1, -0.05) is 41.4 Å². The van der Waals surface area contributed by atoms with Crippen LogP contribution in [0.5, 0.6) is 5.75 Å². The van der Waals surface area contributed by atoms with Crippen LogP contribution >= 0.6 is 15.9 Å². The van der Waals surface area contributed by atoms with E-state index in [1.807, 2.05) is 13.0 Å². The third-order valence-electron chi connectivity index (χ3n) is 5.74. The van der Waals surface area contributed by atoms with Crippen molar-refractivity contribution in [2.45, 2.75) is 32.8 Å². The van der Waals surface area contributed by atoms with Gasteiger partial charge < -0.3 is 9.84 Å². The van der Waals surface area contributed by atoms with E-state index < -0.39 is 10.9 Å². The summed E-state index contributed by atoms with van der Waals surface area (Å²) in [5.41, 5.74) is 1.19. The number of unbranched alkanes of at least 4 members (excludes halogenated alkanes) is 1. The highest BCUT2D eigenvalue weighted by Crippen LogP contribution is 2.24. The van der Waals surface area contributed by atoms with Crippen LogP contribution in [0.2, 0.25) is 0 Å². The van der Waals surface area contributed by atoms with Crippen molar-refractivity contribution in [3.05, 3.63) is 108 Å². The van der Waals surface area contributed by atoms with E-state index in [-0.39, 0.29) is 23.4 Å². The molecule has 4 aromatic rings. The molecule has 0 amide bonds. The Kier molecular flexibility index (Phi) is 8.27. The van der Waals surface area contributed by atoms with Crippen LogP contribution in [0.1, 0.15) is 47.1 Å². The molecule has 3 aromatic carbocycles. The van der Waals surface area contributed by atoms with Crippen LogP contribution in [-0.2, 0) is 13.0 Å². The molecular formula is C27H23BrN4O6. The average molecular weight is 579 g/mol. The number of ether oxygens (including phenoxy) is 1. The van der Waals surface area contributed by atoms with Crippen molar-refractivity contribution in [1.82, 2.24) is 9.66 Å². The second kappa shape index (κ2) is 11.8. The lowest BCUT2D eigenvalue weighted by Gasteiger charge is -2.11. The number of carboxylic acid groups (broad SMARTS) is 1. The molecule has 0 saturated heterocycles. The fraction of sp³-hybridized carbons (Fsp3) is 0.185. The Labute approximate surface area is 225 Å². The van der Waals surface area contributed by atoms with Gasteiger partial charge in [-0.2, -0.15) is 9.78 Å². The van der Waals surface area contributed by atoms with Crippen LogP contribution in [0.25, 0.3) is 10.9 Å². The summed E-state index contributed by atoms with van der Waals surface area (Å²) in [6, 6.07) is 15.5. The zero-order valence-corrected chi connectivity index (χ0v) is 21.9. The molecule has 1 aromatic heterocycles. The number of nitro groups is 1. The number of hydrogen-bond acceptors (Lipinski definition) is 7. The number of non-ortho nitro benzene ring substituents is 1. The number of fused-ring (bicyclic) bond motifs is 1. The topological polar surface area (TPSA) is 137 Å². The van der Waals surface area contributed by atoms with Crippen LogP contribution in [0, 0.1) is 10.1 Å². The molecule has 0 aliphatic heterocycles. The monoisotopic (exact) mass is 578 g/mol. The minimum Gasteiger partial charge on any atom is -0.488 e. The van der Waals surface area contributed by atoms with E-state index in [4.69, 9.17) is 9.84 Å². The summed E-state index contributed by atoms with van der Waals surface area (Å²) in [6.45, 7) is 2.12. The number of aromatic nitrogens is 2. The quantitative estimate of drug-likeness (QED) is 0.147. The lowest BCUT2D eigenvalue weighted by atomic mass is 10.1. The lowest BCUT2D eigenvalue weighted by molar-refractivity contribution is -0.384. The predicted molar refractivity (Wildman–Crippen MR) is 146 cm³/mol. The van der Waals surface area contributed by atoms with Gasteiger partial charge in [-0.25, -0.2) is 9.78 Å². The number of carbonyl (C=O) groups is 1. The predicted octanol–water partition coefficient (Wildman–Crippen LogP) is 5.57. The van der Waals surface area contributed by atoms with Gasteiger partial charge in [-0.15, -0.1) is 0 Å². The number of aryl methyl sites for hydroxylation is 1. The Morgan fingerprint density at radius 3 is 2.63 bits per heavy atom. The molecule has 0 unspecified atom stereocenters. The molecular weight excluding hydrogens is 556 g/mol. The standard InChI is InChI=1S/C27H23BrN4O6/c1-2-3-4-25-30-23-11-9-20(28)14-22(23)26(33)31(25)29-15-19-13-21(32(36)37)10-12-24(19)38-16-17-5-7-18(8-6-17)27(34)35/h5-15H,2-4,16H2,1H3,(H,34,35). The second-order valence-electron chi connectivity index (χ2n) is 8.42. The van der Waals surface area contributed by atoms with Crippen LogP contribution < -0.4 is 10.3 Å². The van der Waals surface area contributed by atoms with Gasteiger partial charge in [0, 0.05) is 28.6 Å². The van der Waals surface area contributed by atoms with Crippen LogP contribution in [-0.4, -0.2) is 31.9 Å². The normalized spacial score (nSPS) is 11.2. The van der Waals surface area contributed by atoms with Crippen LogP contribution in [0.3, 0.4) is 0 Å². The number of halogens is 1. The van der Waals surface area contributed by atoms with Gasteiger partial charge in [0.25, 0.3) is 11.2 Å². The molecule has 1 heterocycles. The van der Waals surface area contributed by atoms with Crippen LogP contribution in [0.4, 0.5) is 5.69 Å². The SMILES string of the molecule is CCCCc1nc2ccc(Br)cc2c(=O)n1N=Cc1cc([N+](=O)[O-])ccc1OCc1ccc(C(=O)O)cc1. The maximum atomic E-state index is 13.3. The number of hydrogen-bond donors (Lipinski definition) is 1. The molecule has 0 aliphatic carbocycles. The molecule has 0 fully saturated rings. The molecule has 0 radical (unpaired) electrons. The Morgan fingerprint density at radius 1 is 1.18 bits per heavy atom. The summed E-state index contributed by atoms with van der Waals surface area (Å²) in [5.74, 6) is -0.244. The minimum atomic E-state index is -1.03. The van der Waals surface area contributed by atoms with E-state index in [2.05, 4.69) is 26.0 Å². The summed E-state index contributed by atoms with van der Waals surface area (Å²) >= 11 is 3.38. The Morgan fingerprint density at radius 2 is 1.95 bits per heavy atom. The first-order valence-electron chi connectivity index (χ1n) is 11.8. The highest BCUT2D eigenvalue weighted by Gasteiger charge is 2.14. The van der Waals surface area contributed by atoms with E-state index in [0.717, 1.165) is 17.3 Å². The molecule has 11 heteroatoms. The molecule has 4 rings (SSSR count). The largest absolute Gasteiger partial charge is 0.488 e. The molecule has 1 N–H and O–H groups in total. The van der Waals surface area contributed by atoms with Crippen molar-refractivity contribution in [3.63, 3.8) is 0 Å². The Hall–Kier alpha value is -4.38. The summed E-state index contributed by atoms with van der Waals surface area (Å²) in [5, 5.41) is 25.3. The minimum absolute atomic E-state index is 0.0891. The van der Waals surface area contributed by atoms with Gasteiger partial charge in [0.05, 0.1) is 27.6 Å². The van der Waals surface area contributed by atoms with Gasteiger partial charge in [-0.05, 0) is 48.4 Å². The first kappa shape index (κ1) is 26.7. The van der Waals surface area contributed by atoms with E-state index in [1.165, 1.54) is 41.2 Å². The second-order valence-corrected chi connectivity index (χ2v) is 9.34. The number of benzene rings is 3. The van der Waals surface area contributed by atoms with Crippen molar-refractivity contribution < 1.29 is 19.6 Å². The molecule has 0 spiro atoms. The lowest BCUT2D eigenvalue weighted by Crippen LogP contribution is -2.22. The van der Waals surface area contributed by atoms with Crippen molar-refractivity contribution in [1.29, 1.82) is 0 Å². The van der Waals surface area contributed by atoms with E-state index in [1.54, 1.807) is 24.3 Å². The van der Waals surface area contributed by atoms with Gasteiger partial charge in [0.15, 0.2) is 0 Å². The maximum absolute atomic E-state index is 13.3. The summed E-state index contributed by atoms with van der Waals surface area (Å²) < 4.78 is 7.84. The Balaban J connectivity index is 1.72. The molecule has 0 aliphatic rings. The van der Waals surface area contributed by atoms with Crippen molar-refractivity contribution in [2.24, 2.45) is 5.10 Å². The molecule has 194 valence electrons. The third kappa shape index (κ3) is 6.12. The van der Waals surface area contributed by atoms with Gasteiger partial charge >= 0.3 is 5.97 Å². The van der Waals surface area contributed by atoms with Gasteiger partial charge in [0.1, 0.15) is 18.2 Å². The number of aromatic carboxylic acids is 1. The highest BCUT2D eigenvalue weighted by atomic mass is 79.9. The molecule has 0 bridgehead atoms. The first-order valence-corrected chi connectivity index (χ1v) is 12.5. The maximum Gasteiger partial charge on any atom is 0.335 e. The number of rotatable bonds is 10. The summed E-state index contributed by atoms with van der Waals surface area (Å²) in [6.07, 6.45) is 3.57. The third-order valence-corrected chi connectivity index (χ3v) is 6.23. The summed E-state index contributed by atoms with van der Waals surface area (Å²) in [4.78, 5) is 39.9. The Bertz CT molecular complexity index is 1600. The van der Waals surface area contributed by atoms with Crippen LogP contribution in [0.15, 0.2) is 75.0 Å². The van der Waals surface area contributed by atoms with Crippen molar-refractivity contribution in [2.75, 3.05) is 0 Å². The smallest absolute Gasteiger partial charge is 0.335 e. The van der Waals surface area contributed by atoms with E-state index in [9.17, 15) is 19.7 Å². The van der Waals surface area contributed by atoms with Gasteiger partial charge in [0.2, 0.25) is 0 Å². The fourth-order valence-electron chi connectivity index (χ4n) is 3.72. The zero-order valence-electron chi connectivity index (χ0n) is 20.3. The first-order chi connectivity index (χ1) is 18.3. The number of nitrogens with zero attached hydrogens (tertiary/aromatic N) is 4. The summed E-state index contributed by atoms with van der Waals surface area (Å²) in [7, 11) is 0. The van der Waals surface area contributed by atoms with E-state index in [0.29, 0.717) is 40.0 Å².